The van der Waals surface area contributed by atoms with Crippen molar-refractivity contribution in [2.75, 3.05) is 19.6 Å². The fourth-order valence-electron chi connectivity index (χ4n) is 2.81. The lowest BCUT2D eigenvalue weighted by atomic mass is 10.1. The molecule has 1 fully saturated rings. The highest BCUT2D eigenvalue weighted by atomic mass is 79.9. The van der Waals surface area contributed by atoms with Crippen LogP contribution in [0.5, 0.6) is 0 Å². The van der Waals surface area contributed by atoms with Gasteiger partial charge in [0, 0.05) is 17.1 Å². The number of hydrogen-bond donors (Lipinski definition) is 1. The van der Waals surface area contributed by atoms with Crippen molar-refractivity contribution in [1.82, 2.24) is 10.2 Å². The standard InChI is InChI=1S/C16H25BrN2/c1-2-9-19-10-4-7-16(8-11-19)18-13-14-5-3-6-15(17)12-14/h3,5-6,12,16,18H,2,4,7-11,13H2,1H3. The largest absolute Gasteiger partial charge is 0.310 e. The van der Waals surface area contributed by atoms with Gasteiger partial charge in [0.05, 0.1) is 0 Å². The van der Waals surface area contributed by atoms with Crippen LogP contribution >= 0.6 is 15.9 Å². The smallest absolute Gasteiger partial charge is 0.0208 e. The molecule has 1 aromatic carbocycles. The third kappa shape index (κ3) is 5.25. The van der Waals surface area contributed by atoms with Crippen LogP contribution in [0.25, 0.3) is 0 Å². The van der Waals surface area contributed by atoms with E-state index in [1.807, 2.05) is 0 Å². The highest BCUT2D eigenvalue weighted by Crippen LogP contribution is 2.14. The van der Waals surface area contributed by atoms with E-state index >= 15 is 0 Å². The second kappa shape index (κ2) is 8.03. The minimum absolute atomic E-state index is 0.681. The Kier molecular flexibility index (Phi) is 6.35. The molecule has 1 N–H and O–H groups in total. The van der Waals surface area contributed by atoms with E-state index in [1.165, 1.54) is 55.4 Å². The summed E-state index contributed by atoms with van der Waals surface area (Å²) in [6.45, 7) is 7.05. The van der Waals surface area contributed by atoms with Gasteiger partial charge in [-0.05, 0) is 63.0 Å². The van der Waals surface area contributed by atoms with Crippen LogP contribution in [0.4, 0.5) is 0 Å². The minimum atomic E-state index is 0.681. The van der Waals surface area contributed by atoms with Crippen LogP contribution in [-0.2, 0) is 6.54 Å². The number of likely N-dealkylation sites (tertiary alicyclic amines) is 1. The van der Waals surface area contributed by atoms with Gasteiger partial charge in [0.2, 0.25) is 0 Å². The summed E-state index contributed by atoms with van der Waals surface area (Å²) >= 11 is 3.53. The van der Waals surface area contributed by atoms with E-state index in [0.717, 1.165) is 6.54 Å². The van der Waals surface area contributed by atoms with E-state index in [0.29, 0.717) is 6.04 Å². The number of hydrogen-bond acceptors (Lipinski definition) is 2. The lowest BCUT2D eigenvalue weighted by Gasteiger charge is -2.19. The first kappa shape index (κ1) is 15.0. The van der Waals surface area contributed by atoms with E-state index in [-0.39, 0.29) is 0 Å². The van der Waals surface area contributed by atoms with Crippen molar-refractivity contribution in [1.29, 1.82) is 0 Å². The molecule has 0 spiro atoms. The molecule has 0 radical (unpaired) electrons. The Morgan fingerprint density at radius 2 is 2.21 bits per heavy atom. The molecule has 1 unspecified atom stereocenters. The Balaban J connectivity index is 1.77. The second-order valence-corrected chi connectivity index (χ2v) is 6.40. The molecular weight excluding hydrogens is 300 g/mol. The molecule has 0 bridgehead atoms. The van der Waals surface area contributed by atoms with E-state index in [2.05, 4.69) is 57.3 Å². The number of nitrogens with zero attached hydrogens (tertiary/aromatic N) is 1. The SMILES string of the molecule is CCCN1CCCC(NCc2cccc(Br)c2)CC1. The van der Waals surface area contributed by atoms with Crippen LogP contribution in [0.3, 0.4) is 0 Å². The molecule has 3 heteroatoms. The Morgan fingerprint density at radius 1 is 1.32 bits per heavy atom. The molecule has 0 saturated carbocycles. The van der Waals surface area contributed by atoms with Gasteiger partial charge in [-0.25, -0.2) is 0 Å². The zero-order chi connectivity index (χ0) is 13.5. The number of nitrogens with one attached hydrogen (secondary N) is 1. The maximum Gasteiger partial charge on any atom is 0.0208 e. The molecule has 1 aliphatic heterocycles. The molecule has 2 rings (SSSR count). The molecule has 1 atom stereocenters. The first-order valence-corrected chi connectivity index (χ1v) is 8.27. The van der Waals surface area contributed by atoms with E-state index < -0.39 is 0 Å². The molecule has 0 amide bonds. The van der Waals surface area contributed by atoms with Crippen LogP contribution in [0.1, 0.15) is 38.2 Å². The van der Waals surface area contributed by atoms with Crippen LogP contribution < -0.4 is 5.32 Å². The van der Waals surface area contributed by atoms with Crippen LogP contribution in [0.2, 0.25) is 0 Å². The Labute approximate surface area is 125 Å². The topological polar surface area (TPSA) is 15.3 Å². The minimum Gasteiger partial charge on any atom is -0.310 e. The maximum absolute atomic E-state index is 3.72. The molecule has 0 aliphatic carbocycles. The maximum atomic E-state index is 3.72. The normalized spacial score (nSPS) is 21.3. The number of benzene rings is 1. The summed E-state index contributed by atoms with van der Waals surface area (Å²) in [5, 5.41) is 3.72. The second-order valence-electron chi connectivity index (χ2n) is 5.48. The van der Waals surface area contributed by atoms with Gasteiger partial charge < -0.3 is 10.2 Å². The monoisotopic (exact) mass is 324 g/mol. The van der Waals surface area contributed by atoms with Gasteiger partial charge in [0.25, 0.3) is 0 Å². The highest BCUT2D eigenvalue weighted by molar-refractivity contribution is 9.10. The van der Waals surface area contributed by atoms with Crippen LogP contribution in [-0.4, -0.2) is 30.6 Å². The first-order chi connectivity index (χ1) is 9.28. The summed E-state index contributed by atoms with van der Waals surface area (Å²) in [6, 6.07) is 9.26. The number of rotatable bonds is 5. The van der Waals surface area contributed by atoms with Crippen LogP contribution in [0.15, 0.2) is 28.7 Å². The zero-order valence-corrected chi connectivity index (χ0v) is 13.5. The van der Waals surface area contributed by atoms with Crippen molar-refractivity contribution in [3.63, 3.8) is 0 Å². The lowest BCUT2D eigenvalue weighted by Crippen LogP contribution is -2.30. The predicted octanol–water partition coefficient (Wildman–Crippen LogP) is 3.80. The van der Waals surface area contributed by atoms with Gasteiger partial charge in [-0.2, -0.15) is 0 Å². The molecule has 106 valence electrons. The van der Waals surface area contributed by atoms with Crippen molar-refractivity contribution < 1.29 is 0 Å². The average molecular weight is 325 g/mol. The quantitative estimate of drug-likeness (QED) is 0.886. The Hall–Kier alpha value is -0.380. The third-order valence-electron chi connectivity index (χ3n) is 3.84. The van der Waals surface area contributed by atoms with Gasteiger partial charge in [-0.1, -0.05) is 35.0 Å². The summed E-state index contributed by atoms with van der Waals surface area (Å²) in [4.78, 5) is 2.61. The zero-order valence-electron chi connectivity index (χ0n) is 11.9. The van der Waals surface area contributed by atoms with E-state index in [4.69, 9.17) is 0 Å². The molecule has 2 nitrogen and oxygen atoms in total. The summed E-state index contributed by atoms with van der Waals surface area (Å²) in [5.74, 6) is 0. The molecule has 1 aliphatic rings. The van der Waals surface area contributed by atoms with Crippen molar-refractivity contribution in [3.05, 3.63) is 34.3 Å². The summed E-state index contributed by atoms with van der Waals surface area (Å²) in [5.41, 5.74) is 1.36. The lowest BCUT2D eigenvalue weighted by molar-refractivity contribution is 0.282. The molecule has 0 aromatic heterocycles. The third-order valence-corrected chi connectivity index (χ3v) is 4.34. The van der Waals surface area contributed by atoms with Crippen molar-refractivity contribution >= 4 is 15.9 Å². The average Bonchev–Trinajstić information content (AvgIpc) is 2.63. The summed E-state index contributed by atoms with van der Waals surface area (Å²) < 4.78 is 1.17. The fourth-order valence-corrected chi connectivity index (χ4v) is 3.26. The van der Waals surface area contributed by atoms with E-state index in [9.17, 15) is 0 Å². The molecule has 1 heterocycles. The van der Waals surface area contributed by atoms with Crippen molar-refractivity contribution in [3.8, 4) is 0 Å². The Bertz CT molecular complexity index is 381. The summed E-state index contributed by atoms with van der Waals surface area (Å²) in [7, 11) is 0. The van der Waals surface area contributed by atoms with Gasteiger partial charge in [0.15, 0.2) is 0 Å². The molecule has 19 heavy (non-hydrogen) atoms. The highest BCUT2D eigenvalue weighted by Gasteiger charge is 2.15. The van der Waals surface area contributed by atoms with Gasteiger partial charge >= 0.3 is 0 Å². The Morgan fingerprint density at radius 3 is 3.00 bits per heavy atom. The molecule has 1 aromatic rings. The van der Waals surface area contributed by atoms with Gasteiger partial charge in [-0.3, -0.25) is 0 Å². The van der Waals surface area contributed by atoms with Crippen molar-refractivity contribution in [2.45, 2.75) is 45.2 Å². The first-order valence-electron chi connectivity index (χ1n) is 7.48. The van der Waals surface area contributed by atoms with Gasteiger partial charge in [-0.15, -0.1) is 0 Å². The van der Waals surface area contributed by atoms with Crippen LogP contribution in [0, 0.1) is 0 Å². The molecule has 1 saturated heterocycles. The van der Waals surface area contributed by atoms with Gasteiger partial charge in [0.1, 0.15) is 0 Å². The number of halogens is 1. The fraction of sp³-hybridized carbons (Fsp3) is 0.625. The molecular formula is C16H25BrN2. The van der Waals surface area contributed by atoms with Crippen molar-refractivity contribution in [2.24, 2.45) is 0 Å². The van der Waals surface area contributed by atoms with E-state index in [1.54, 1.807) is 0 Å². The summed E-state index contributed by atoms with van der Waals surface area (Å²) in [6.07, 6.45) is 5.20. The predicted molar refractivity (Wildman–Crippen MR) is 85.4 cm³/mol.